The third kappa shape index (κ3) is 5.99. The number of para-hydroxylation sites is 1. The molecule has 0 radical (unpaired) electrons. The molecule has 7 nitrogen and oxygen atoms in total. The minimum absolute atomic E-state index is 0.0815. The van der Waals surface area contributed by atoms with Crippen LogP contribution in [0.15, 0.2) is 114 Å². The number of rotatable bonds is 9. The molecule has 4 rings (SSSR count). The summed E-state index contributed by atoms with van der Waals surface area (Å²) in [6.45, 7) is -0.424. The van der Waals surface area contributed by atoms with Crippen LogP contribution in [0.4, 0.5) is 11.4 Å². The van der Waals surface area contributed by atoms with E-state index in [1.165, 1.54) is 19.2 Å². The summed E-state index contributed by atoms with van der Waals surface area (Å²) in [6, 6.07) is 30.7. The Kier molecular flexibility index (Phi) is 7.32. The molecule has 0 fully saturated rings. The number of nitrogens with zero attached hydrogens (tertiary/aromatic N) is 1. The number of nitrogens with one attached hydrogen (secondary N) is 1. The molecule has 1 amide bonds. The lowest BCUT2D eigenvalue weighted by Gasteiger charge is -2.24. The second-order valence-corrected chi connectivity index (χ2v) is 9.38. The van der Waals surface area contributed by atoms with Crippen LogP contribution in [0.1, 0.15) is 0 Å². The number of amides is 1. The highest BCUT2D eigenvalue weighted by Gasteiger charge is 2.27. The largest absolute Gasteiger partial charge is 0.497 e. The molecular weight excluding hydrogens is 464 g/mol. The Morgan fingerprint density at radius 3 is 2.03 bits per heavy atom. The minimum Gasteiger partial charge on any atom is -0.497 e. The van der Waals surface area contributed by atoms with Gasteiger partial charge in [-0.15, -0.1) is 0 Å². The maximum absolute atomic E-state index is 13.4. The van der Waals surface area contributed by atoms with E-state index in [1.54, 1.807) is 66.7 Å². The van der Waals surface area contributed by atoms with E-state index in [-0.39, 0.29) is 4.90 Å². The average Bonchev–Trinajstić information content (AvgIpc) is 2.89. The zero-order valence-corrected chi connectivity index (χ0v) is 19.8. The number of hydrogen-bond acceptors (Lipinski definition) is 5. The van der Waals surface area contributed by atoms with Crippen LogP contribution in [0.5, 0.6) is 17.2 Å². The van der Waals surface area contributed by atoms with Gasteiger partial charge in [0.1, 0.15) is 23.8 Å². The van der Waals surface area contributed by atoms with Crippen molar-refractivity contribution in [1.82, 2.24) is 0 Å². The molecule has 0 aliphatic heterocycles. The number of methoxy groups -OCH3 is 1. The van der Waals surface area contributed by atoms with Crippen LogP contribution >= 0.6 is 0 Å². The molecule has 0 saturated carbocycles. The molecule has 0 atom stereocenters. The van der Waals surface area contributed by atoms with Gasteiger partial charge in [0.05, 0.1) is 17.7 Å². The Morgan fingerprint density at radius 1 is 0.771 bits per heavy atom. The van der Waals surface area contributed by atoms with Gasteiger partial charge in [-0.1, -0.05) is 42.5 Å². The molecular formula is C27H24N2O5S. The Hall–Kier alpha value is -4.30. The van der Waals surface area contributed by atoms with Crippen LogP contribution in [0.3, 0.4) is 0 Å². The third-order valence-electron chi connectivity index (χ3n) is 5.08. The molecule has 0 spiro atoms. The van der Waals surface area contributed by atoms with Crippen molar-refractivity contribution in [2.24, 2.45) is 0 Å². The monoisotopic (exact) mass is 488 g/mol. The second-order valence-electron chi connectivity index (χ2n) is 7.51. The van der Waals surface area contributed by atoms with Gasteiger partial charge in [-0.2, -0.15) is 0 Å². The van der Waals surface area contributed by atoms with Crippen molar-refractivity contribution in [2.75, 3.05) is 23.3 Å². The molecule has 0 aliphatic rings. The molecule has 4 aromatic rings. The average molecular weight is 489 g/mol. The van der Waals surface area contributed by atoms with Gasteiger partial charge in [0.2, 0.25) is 5.91 Å². The first-order valence-corrected chi connectivity index (χ1v) is 12.2. The summed E-state index contributed by atoms with van der Waals surface area (Å²) in [5.74, 6) is 1.29. The van der Waals surface area contributed by atoms with Gasteiger partial charge in [-0.05, 0) is 60.7 Å². The maximum atomic E-state index is 13.4. The molecule has 0 saturated heterocycles. The Morgan fingerprint density at radius 2 is 1.37 bits per heavy atom. The van der Waals surface area contributed by atoms with E-state index < -0.39 is 22.5 Å². The van der Waals surface area contributed by atoms with E-state index in [1.807, 2.05) is 30.3 Å². The van der Waals surface area contributed by atoms with Crippen molar-refractivity contribution < 1.29 is 22.7 Å². The summed E-state index contributed by atoms with van der Waals surface area (Å²) in [4.78, 5) is 13.0. The van der Waals surface area contributed by atoms with Crippen LogP contribution in [0, 0.1) is 0 Å². The highest BCUT2D eigenvalue weighted by Crippen LogP contribution is 2.27. The highest BCUT2D eigenvalue weighted by molar-refractivity contribution is 7.92. The van der Waals surface area contributed by atoms with Gasteiger partial charge < -0.3 is 14.8 Å². The molecule has 178 valence electrons. The lowest BCUT2D eigenvalue weighted by Crippen LogP contribution is -2.38. The summed E-state index contributed by atoms with van der Waals surface area (Å²) in [7, 11) is -2.52. The summed E-state index contributed by atoms with van der Waals surface area (Å²) in [5, 5.41) is 2.75. The lowest BCUT2D eigenvalue weighted by molar-refractivity contribution is -0.114. The topological polar surface area (TPSA) is 84.9 Å². The van der Waals surface area contributed by atoms with Crippen LogP contribution in [-0.2, 0) is 14.8 Å². The molecule has 0 heterocycles. The predicted molar refractivity (Wildman–Crippen MR) is 136 cm³/mol. The van der Waals surface area contributed by atoms with E-state index in [0.29, 0.717) is 28.6 Å². The summed E-state index contributed by atoms with van der Waals surface area (Å²) < 4.78 is 38.9. The molecule has 4 aromatic carbocycles. The van der Waals surface area contributed by atoms with Gasteiger partial charge in [0, 0.05) is 11.8 Å². The van der Waals surface area contributed by atoms with Crippen molar-refractivity contribution >= 4 is 27.3 Å². The standard InChI is InChI=1S/C27H24N2O5S/c1-33-25-12-8-9-22(19-25)29(35(31,32)26-13-6-3-7-14-26)20-27(30)28-21-15-17-24(18-16-21)34-23-10-4-2-5-11-23/h2-19H,20H2,1H3,(H,28,30). The quantitative estimate of drug-likeness (QED) is 0.345. The first-order chi connectivity index (χ1) is 17.0. The summed E-state index contributed by atoms with van der Waals surface area (Å²) >= 11 is 0. The number of carbonyl (C=O) groups is 1. The van der Waals surface area contributed by atoms with Crippen LogP contribution in [0.2, 0.25) is 0 Å². The fourth-order valence-corrected chi connectivity index (χ4v) is 4.80. The number of sulfonamides is 1. The molecule has 0 unspecified atom stereocenters. The predicted octanol–water partition coefficient (Wildman–Crippen LogP) is 5.32. The molecule has 35 heavy (non-hydrogen) atoms. The SMILES string of the molecule is COc1cccc(N(CC(=O)Nc2ccc(Oc3ccccc3)cc2)S(=O)(=O)c2ccccc2)c1. The van der Waals surface area contributed by atoms with E-state index in [9.17, 15) is 13.2 Å². The molecule has 1 N–H and O–H groups in total. The summed E-state index contributed by atoms with van der Waals surface area (Å²) in [5.41, 5.74) is 0.827. The number of carbonyl (C=O) groups excluding carboxylic acids is 1. The third-order valence-corrected chi connectivity index (χ3v) is 6.86. The van der Waals surface area contributed by atoms with Crippen LogP contribution in [0.25, 0.3) is 0 Å². The minimum atomic E-state index is -4.01. The zero-order chi connectivity index (χ0) is 24.7. The van der Waals surface area contributed by atoms with Gasteiger partial charge in [0.15, 0.2) is 0 Å². The van der Waals surface area contributed by atoms with E-state index in [4.69, 9.17) is 9.47 Å². The maximum Gasteiger partial charge on any atom is 0.264 e. The number of ether oxygens (including phenoxy) is 2. The van der Waals surface area contributed by atoms with E-state index in [0.717, 1.165) is 4.31 Å². The summed E-state index contributed by atoms with van der Waals surface area (Å²) in [6.07, 6.45) is 0. The highest BCUT2D eigenvalue weighted by atomic mass is 32.2. The van der Waals surface area contributed by atoms with Gasteiger partial charge in [-0.25, -0.2) is 8.42 Å². The molecule has 8 heteroatoms. The number of benzene rings is 4. The van der Waals surface area contributed by atoms with Crippen molar-refractivity contribution in [1.29, 1.82) is 0 Å². The van der Waals surface area contributed by atoms with Gasteiger partial charge >= 0.3 is 0 Å². The normalized spacial score (nSPS) is 10.9. The Balaban J connectivity index is 1.53. The van der Waals surface area contributed by atoms with E-state index in [2.05, 4.69) is 5.32 Å². The van der Waals surface area contributed by atoms with Crippen LogP contribution < -0.4 is 19.1 Å². The number of hydrogen-bond donors (Lipinski definition) is 1. The lowest BCUT2D eigenvalue weighted by atomic mass is 10.3. The zero-order valence-electron chi connectivity index (χ0n) is 19.0. The van der Waals surface area contributed by atoms with Crippen molar-refractivity contribution in [3.8, 4) is 17.2 Å². The first-order valence-electron chi connectivity index (χ1n) is 10.8. The van der Waals surface area contributed by atoms with E-state index >= 15 is 0 Å². The number of anilines is 2. The molecule has 0 aromatic heterocycles. The van der Waals surface area contributed by atoms with Crippen LogP contribution in [-0.4, -0.2) is 28.0 Å². The van der Waals surface area contributed by atoms with Gasteiger partial charge in [0.25, 0.3) is 10.0 Å². The van der Waals surface area contributed by atoms with Gasteiger partial charge in [-0.3, -0.25) is 9.10 Å². The molecule has 0 bridgehead atoms. The van der Waals surface area contributed by atoms with Crippen molar-refractivity contribution in [2.45, 2.75) is 4.90 Å². The smallest absolute Gasteiger partial charge is 0.264 e. The fraction of sp³-hybridized carbons (Fsp3) is 0.0741. The Bertz CT molecular complexity index is 1380. The van der Waals surface area contributed by atoms with Crippen molar-refractivity contribution in [3.63, 3.8) is 0 Å². The molecule has 0 aliphatic carbocycles. The fourth-order valence-electron chi connectivity index (χ4n) is 3.36. The second kappa shape index (κ2) is 10.8. The first kappa shape index (κ1) is 23.8. The Labute approximate surface area is 204 Å². The van der Waals surface area contributed by atoms with Crippen molar-refractivity contribution in [3.05, 3.63) is 109 Å².